The van der Waals surface area contributed by atoms with Gasteiger partial charge in [0, 0.05) is 55.8 Å². The van der Waals surface area contributed by atoms with Crippen LogP contribution in [0.15, 0.2) is 23.3 Å². The van der Waals surface area contributed by atoms with E-state index >= 15 is 0 Å². The summed E-state index contributed by atoms with van der Waals surface area (Å²) in [6, 6.07) is 0. The molecular formula is C35H52N2O7. The van der Waals surface area contributed by atoms with Crippen LogP contribution in [0.2, 0.25) is 0 Å². The first kappa shape index (κ1) is 33.0. The smallest absolute Gasteiger partial charge is 0.306 e. The maximum absolute atomic E-state index is 13.5. The van der Waals surface area contributed by atoms with Gasteiger partial charge in [0.15, 0.2) is 12.4 Å². The van der Waals surface area contributed by atoms with Crippen LogP contribution in [0.3, 0.4) is 0 Å². The van der Waals surface area contributed by atoms with Crippen LogP contribution in [-0.4, -0.2) is 95.0 Å². The van der Waals surface area contributed by atoms with Crippen molar-refractivity contribution in [1.82, 2.24) is 9.80 Å². The molecule has 1 unspecified atom stereocenters. The Morgan fingerprint density at radius 1 is 1.00 bits per heavy atom. The van der Waals surface area contributed by atoms with Gasteiger partial charge in [-0.1, -0.05) is 37.8 Å². The maximum atomic E-state index is 13.5. The van der Waals surface area contributed by atoms with Gasteiger partial charge in [0.2, 0.25) is 11.7 Å². The van der Waals surface area contributed by atoms with E-state index in [1.807, 2.05) is 18.7 Å². The number of piperazine rings is 1. The van der Waals surface area contributed by atoms with Gasteiger partial charge in [-0.25, -0.2) is 0 Å². The number of nitrogens with zero attached hydrogens (tertiary/aromatic N) is 2. The zero-order valence-corrected chi connectivity index (χ0v) is 27.1. The van der Waals surface area contributed by atoms with Crippen molar-refractivity contribution in [2.75, 3.05) is 39.8 Å². The number of aliphatic hydroxyl groups is 2. The molecule has 1 amide bonds. The molecule has 7 atom stereocenters. The largest absolute Gasteiger partial charge is 0.458 e. The van der Waals surface area contributed by atoms with Crippen LogP contribution in [0.1, 0.15) is 91.4 Å². The molecule has 0 spiro atoms. The SMILES string of the molecule is CC1=CC(=O)C=C2CC[C@@H]3[C@H](C(O)C[C@@]4(C)[C@H]3CC[C@]4(O)C(=O)COC(=O)CCCCCCC(=O)N3CCN(C)CC3)[C@@]12C. The molecule has 0 aromatic carbocycles. The third kappa shape index (κ3) is 5.84. The molecule has 4 aliphatic carbocycles. The topological polar surface area (TPSA) is 124 Å². The number of amides is 1. The molecular weight excluding hydrogens is 560 g/mol. The van der Waals surface area contributed by atoms with E-state index < -0.39 is 40.9 Å². The van der Waals surface area contributed by atoms with E-state index in [9.17, 15) is 29.4 Å². The fourth-order valence-electron chi connectivity index (χ4n) is 9.59. The van der Waals surface area contributed by atoms with E-state index in [-0.39, 0.29) is 42.3 Å². The van der Waals surface area contributed by atoms with Crippen molar-refractivity contribution in [3.63, 3.8) is 0 Å². The second kappa shape index (κ2) is 12.8. The van der Waals surface area contributed by atoms with Gasteiger partial charge in [-0.15, -0.1) is 0 Å². The van der Waals surface area contributed by atoms with Crippen molar-refractivity contribution in [3.05, 3.63) is 23.3 Å². The molecule has 2 N–H and O–H groups in total. The molecule has 1 aliphatic heterocycles. The molecule has 5 aliphatic rings. The molecule has 3 saturated carbocycles. The fraction of sp³-hybridized carbons (Fsp3) is 0.771. The fourth-order valence-corrected chi connectivity index (χ4v) is 9.59. The maximum Gasteiger partial charge on any atom is 0.306 e. The van der Waals surface area contributed by atoms with Gasteiger partial charge in [-0.2, -0.15) is 0 Å². The molecule has 0 radical (unpaired) electrons. The summed E-state index contributed by atoms with van der Waals surface area (Å²) in [6.45, 7) is 8.98. The van der Waals surface area contributed by atoms with E-state index in [2.05, 4.69) is 18.9 Å². The van der Waals surface area contributed by atoms with Crippen LogP contribution in [0.5, 0.6) is 0 Å². The Morgan fingerprint density at radius 2 is 1.68 bits per heavy atom. The molecule has 5 rings (SSSR count). The summed E-state index contributed by atoms with van der Waals surface area (Å²) < 4.78 is 5.36. The van der Waals surface area contributed by atoms with E-state index in [0.29, 0.717) is 25.7 Å². The summed E-state index contributed by atoms with van der Waals surface area (Å²) in [5, 5.41) is 23.5. The predicted octanol–water partition coefficient (Wildman–Crippen LogP) is 3.61. The van der Waals surface area contributed by atoms with E-state index in [4.69, 9.17) is 4.74 Å². The minimum Gasteiger partial charge on any atom is -0.458 e. The Bertz CT molecular complexity index is 1220. The normalized spacial score (nSPS) is 37.0. The first-order valence-corrected chi connectivity index (χ1v) is 16.8. The highest BCUT2D eigenvalue weighted by molar-refractivity contribution is 6.02. The molecule has 244 valence electrons. The summed E-state index contributed by atoms with van der Waals surface area (Å²) in [4.78, 5) is 54.8. The number of carbonyl (C=O) groups excluding carboxylic acids is 4. The van der Waals surface area contributed by atoms with Crippen LogP contribution in [0.4, 0.5) is 0 Å². The Kier molecular flexibility index (Phi) is 9.60. The van der Waals surface area contributed by atoms with E-state index in [1.54, 1.807) is 12.2 Å². The number of esters is 1. The number of aliphatic hydroxyl groups excluding tert-OH is 1. The minimum atomic E-state index is -1.66. The monoisotopic (exact) mass is 612 g/mol. The van der Waals surface area contributed by atoms with Gasteiger partial charge < -0.3 is 24.7 Å². The number of ketones is 2. The van der Waals surface area contributed by atoms with Crippen LogP contribution in [0.25, 0.3) is 0 Å². The van der Waals surface area contributed by atoms with Crippen LogP contribution in [0, 0.1) is 28.6 Å². The van der Waals surface area contributed by atoms with Crippen LogP contribution >= 0.6 is 0 Å². The molecule has 9 heteroatoms. The standard InChI is InChI=1S/C35H52N2O7/c1-23-19-25(38)20-24-11-12-26-27-13-14-35(43,33(27,2)21-28(39)32(26)34(23,24)3)29(40)22-44-31(42)10-8-6-5-7-9-30(41)37-17-15-36(4)16-18-37/h19-20,26-28,32,39,43H,5-18,21-22H2,1-4H3/t26-,27-,28?,32+,33-,34-,35-/m0/s1. The average molecular weight is 613 g/mol. The number of hydrogen-bond donors (Lipinski definition) is 2. The zero-order chi connectivity index (χ0) is 31.9. The Hall–Kier alpha value is -2.36. The lowest BCUT2D eigenvalue weighted by atomic mass is 9.45. The number of rotatable bonds is 10. The van der Waals surface area contributed by atoms with Gasteiger partial charge >= 0.3 is 5.97 Å². The Morgan fingerprint density at radius 3 is 2.39 bits per heavy atom. The number of fused-ring (bicyclic) bond motifs is 5. The lowest BCUT2D eigenvalue weighted by Crippen LogP contribution is -2.62. The number of carbonyl (C=O) groups is 4. The third-order valence-corrected chi connectivity index (χ3v) is 12.4. The Labute approximate surface area is 262 Å². The van der Waals surface area contributed by atoms with Crippen molar-refractivity contribution in [2.24, 2.45) is 28.6 Å². The second-order valence-corrected chi connectivity index (χ2v) is 14.7. The van der Waals surface area contributed by atoms with Crippen LogP contribution < -0.4 is 0 Å². The van der Waals surface area contributed by atoms with Gasteiger partial charge in [-0.3, -0.25) is 19.2 Å². The average Bonchev–Trinajstić information content (AvgIpc) is 3.25. The van der Waals surface area contributed by atoms with Gasteiger partial charge in [-0.05, 0) is 82.9 Å². The van der Waals surface area contributed by atoms with Gasteiger partial charge in [0.05, 0.1) is 6.10 Å². The van der Waals surface area contributed by atoms with Crippen molar-refractivity contribution >= 4 is 23.4 Å². The molecule has 0 aromatic heterocycles. The molecule has 9 nitrogen and oxygen atoms in total. The van der Waals surface area contributed by atoms with E-state index in [1.165, 1.54) is 0 Å². The third-order valence-electron chi connectivity index (χ3n) is 12.4. The summed E-state index contributed by atoms with van der Waals surface area (Å²) in [6.07, 6.45) is 9.35. The molecule has 1 saturated heterocycles. The molecule has 1 heterocycles. The zero-order valence-electron chi connectivity index (χ0n) is 27.1. The summed E-state index contributed by atoms with van der Waals surface area (Å²) in [5.41, 5.74) is -0.824. The van der Waals surface area contributed by atoms with Crippen molar-refractivity contribution < 1.29 is 34.1 Å². The number of Topliss-reactive ketones (excluding diaryl/α,β-unsaturated/α-hetero) is 1. The summed E-state index contributed by atoms with van der Waals surface area (Å²) in [5.74, 6) is -0.638. The number of allylic oxidation sites excluding steroid dienone is 4. The van der Waals surface area contributed by atoms with Crippen molar-refractivity contribution in [3.8, 4) is 0 Å². The molecule has 0 aromatic rings. The summed E-state index contributed by atoms with van der Waals surface area (Å²) >= 11 is 0. The Balaban J connectivity index is 1.09. The number of ether oxygens (including phenoxy) is 1. The molecule has 0 bridgehead atoms. The summed E-state index contributed by atoms with van der Waals surface area (Å²) in [7, 11) is 2.07. The number of hydrogen-bond acceptors (Lipinski definition) is 8. The molecule has 44 heavy (non-hydrogen) atoms. The molecule has 4 fully saturated rings. The first-order chi connectivity index (χ1) is 20.8. The highest BCUT2D eigenvalue weighted by atomic mass is 16.5. The van der Waals surface area contributed by atoms with E-state index in [0.717, 1.165) is 69.4 Å². The highest BCUT2D eigenvalue weighted by Crippen LogP contribution is 2.68. The van der Waals surface area contributed by atoms with Crippen molar-refractivity contribution in [2.45, 2.75) is 103 Å². The second-order valence-electron chi connectivity index (χ2n) is 14.7. The van der Waals surface area contributed by atoms with Crippen LogP contribution in [-0.2, 0) is 23.9 Å². The van der Waals surface area contributed by atoms with Crippen molar-refractivity contribution in [1.29, 1.82) is 0 Å². The predicted molar refractivity (Wildman–Crippen MR) is 165 cm³/mol. The quantitative estimate of drug-likeness (QED) is 0.283. The highest BCUT2D eigenvalue weighted by Gasteiger charge is 2.68. The van der Waals surface area contributed by atoms with Gasteiger partial charge in [0.25, 0.3) is 0 Å². The lowest BCUT2D eigenvalue weighted by molar-refractivity contribution is -0.181. The number of likely N-dealkylation sites (N-methyl/N-ethyl adjacent to an activating group) is 1. The lowest BCUT2D eigenvalue weighted by Gasteiger charge is -2.60. The van der Waals surface area contributed by atoms with Gasteiger partial charge in [0.1, 0.15) is 5.60 Å². The number of unbranched alkanes of at least 4 members (excludes halogenated alkanes) is 3. The first-order valence-electron chi connectivity index (χ1n) is 16.8. The minimum absolute atomic E-state index is 0.00662.